The number of methoxy groups -OCH3 is 1. The third-order valence-corrected chi connectivity index (χ3v) is 5.48. The van der Waals surface area contributed by atoms with E-state index in [0.717, 1.165) is 22.3 Å². The first-order chi connectivity index (χ1) is 15.1. The molecule has 31 heavy (non-hydrogen) atoms. The lowest BCUT2D eigenvalue weighted by atomic mass is 9.98. The Hall–Kier alpha value is -3.80. The molecule has 0 heterocycles. The molecule has 6 heteroatoms. The van der Waals surface area contributed by atoms with Crippen LogP contribution in [0.3, 0.4) is 0 Å². The third kappa shape index (κ3) is 4.10. The van der Waals surface area contributed by atoms with Gasteiger partial charge >= 0.3 is 12.1 Å². The van der Waals surface area contributed by atoms with E-state index in [1.165, 1.54) is 12.0 Å². The van der Waals surface area contributed by atoms with Gasteiger partial charge in [0.15, 0.2) is 0 Å². The van der Waals surface area contributed by atoms with Gasteiger partial charge in [0.25, 0.3) is 0 Å². The van der Waals surface area contributed by atoms with E-state index in [9.17, 15) is 9.59 Å². The van der Waals surface area contributed by atoms with Crippen LogP contribution in [-0.4, -0.2) is 37.4 Å². The number of anilines is 1. The molecule has 4 rings (SSSR count). The van der Waals surface area contributed by atoms with Crippen molar-refractivity contribution < 1.29 is 24.2 Å². The highest BCUT2D eigenvalue weighted by Gasteiger charge is 2.30. The lowest BCUT2D eigenvalue weighted by Crippen LogP contribution is -2.34. The monoisotopic (exact) mass is 417 g/mol. The summed E-state index contributed by atoms with van der Waals surface area (Å²) in [6.07, 6.45) is -0.810. The number of nitrogens with zero attached hydrogens (tertiary/aromatic N) is 1. The fourth-order valence-electron chi connectivity index (χ4n) is 4.04. The number of ether oxygens (including phenoxy) is 2. The number of aliphatic carboxylic acids is 1. The molecule has 0 fully saturated rings. The van der Waals surface area contributed by atoms with Crippen LogP contribution in [0.4, 0.5) is 10.5 Å². The minimum atomic E-state index is -0.994. The Morgan fingerprint density at radius 3 is 2.10 bits per heavy atom. The minimum Gasteiger partial charge on any atom is -0.495 e. The lowest BCUT2D eigenvalue weighted by Gasteiger charge is -2.24. The highest BCUT2D eigenvalue weighted by molar-refractivity contribution is 5.90. The van der Waals surface area contributed by atoms with E-state index in [-0.39, 0.29) is 25.5 Å². The van der Waals surface area contributed by atoms with Gasteiger partial charge in [0.2, 0.25) is 0 Å². The van der Waals surface area contributed by atoms with Gasteiger partial charge in [-0.15, -0.1) is 0 Å². The molecule has 158 valence electrons. The van der Waals surface area contributed by atoms with Gasteiger partial charge in [-0.3, -0.25) is 9.69 Å². The Morgan fingerprint density at radius 1 is 0.903 bits per heavy atom. The van der Waals surface area contributed by atoms with Gasteiger partial charge in [-0.2, -0.15) is 0 Å². The highest BCUT2D eigenvalue weighted by Crippen LogP contribution is 2.44. The molecule has 0 bridgehead atoms. The molecule has 0 saturated heterocycles. The average molecular weight is 417 g/mol. The maximum atomic E-state index is 13.1. The fourth-order valence-corrected chi connectivity index (χ4v) is 4.04. The molecular weight excluding hydrogens is 394 g/mol. The molecular formula is C25H23NO5. The first-order valence-electron chi connectivity index (χ1n) is 10.1. The second-order valence-corrected chi connectivity index (χ2v) is 7.27. The van der Waals surface area contributed by atoms with Crippen LogP contribution < -0.4 is 9.64 Å². The minimum absolute atomic E-state index is 0.0214. The van der Waals surface area contributed by atoms with Crippen molar-refractivity contribution in [1.82, 2.24) is 0 Å². The summed E-state index contributed by atoms with van der Waals surface area (Å²) in [5, 5.41) is 9.13. The van der Waals surface area contributed by atoms with Crippen molar-refractivity contribution >= 4 is 17.7 Å². The van der Waals surface area contributed by atoms with Crippen LogP contribution >= 0.6 is 0 Å². The summed E-state index contributed by atoms with van der Waals surface area (Å²) in [6.45, 7) is 0.137. The standard InChI is InChI=1S/C25H23NO5/c1-30-23-13-7-6-12-22(23)26(15-14-24(27)28)25(29)31-16-21-19-10-4-2-8-17(19)18-9-3-5-11-20(18)21/h2-13,21H,14-16H2,1H3,(H,27,28). The zero-order valence-electron chi connectivity index (χ0n) is 17.2. The summed E-state index contributed by atoms with van der Waals surface area (Å²) >= 11 is 0. The van der Waals surface area contributed by atoms with E-state index in [2.05, 4.69) is 24.3 Å². The van der Waals surface area contributed by atoms with Crippen molar-refractivity contribution in [2.75, 3.05) is 25.2 Å². The van der Waals surface area contributed by atoms with Gasteiger partial charge in [0.1, 0.15) is 12.4 Å². The van der Waals surface area contributed by atoms with E-state index < -0.39 is 12.1 Å². The van der Waals surface area contributed by atoms with Gasteiger partial charge in [0.05, 0.1) is 19.2 Å². The first kappa shape index (κ1) is 20.5. The van der Waals surface area contributed by atoms with Crippen LogP contribution in [0, 0.1) is 0 Å². The summed E-state index contributed by atoms with van der Waals surface area (Å²) in [5.41, 5.74) is 5.00. The number of rotatable bonds is 7. The van der Waals surface area contributed by atoms with Crippen molar-refractivity contribution in [1.29, 1.82) is 0 Å². The summed E-state index contributed by atoms with van der Waals surface area (Å²) < 4.78 is 11.1. The number of carboxylic acid groups (broad SMARTS) is 1. The van der Waals surface area contributed by atoms with Crippen molar-refractivity contribution in [3.63, 3.8) is 0 Å². The molecule has 0 aliphatic heterocycles. The van der Waals surface area contributed by atoms with Crippen molar-refractivity contribution in [2.24, 2.45) is 0 Å². The number of benzene rings is 3. The van der Waals surface area contributed by atoms with Crippen LogP contribution in [0.15, 0.2) is 72.8 Å². The number of carboxylic acids is 1. The quantitative estimate of drug-likeness (QED) is 0.590. The highest BCUT2D eigenvalue weighted by atomic mass is 16.6. The third-order valence-electron chi connectivity index (χ3n) is 5.48. The van der Waals surface area contributed by atoms with Crippen LogP contribution in [0.5, 0.6) is 5.75 Å². The van der Waals surface area contributed by atoms with Crippen LogP contribution in [0.2, 0.25) is 0 Å². The molecule has 1 amide bonds. The molecule has 0 atom stereocenters. The summed E-state index contributed by atoms with van der Waals surface area (Å²) in [6, 6.07) is 23.2. The lowest BCUT2D eigenvalue weighted by molar-refractivity contribution is -0.136. The molecule has 1 aliphatic rings. The molecule has 3 aromatic carbocycles. The van der Waals surface area contributed by atoms with E-state index in [1.54, 1.807) is 24.3 Å². The SMILES string of the molecule is COc1ccccc1N(CCC(=O)O)C(=O)OCC1c2ccccc2-c2ccccc21. The topological polar surface area (TPSA) is 76.1 Å². The number of carbonyl (C=O) groups is 2. The van der Waals surface area contributed by atoms with E-state index in [1.807, 2.05) is 24.3 Å². The van der Waals surface area contributed by atoms with Gasteiger partial charge in [-0.25, -0.2) is 4.79 Å². The first-order valence-corrected chi connectivity index (χ1v) is 10.1. The average Bonchev–Trinajstić information content (AvgIpc) is 3.11. The van der Waals surface area contributed by atoms with Gasteiger partial charge in [-0.1, -0.05) is 60.7 Å². The maximum Gasteiger partial charge on any atom is 0.414 e. The smallest absolute Gasteiger partial charge is 0.414 e. The molecule has 0 saturated carbocycles. The predicted molar refractivity (Wildman–Crippen MR) is 118 cm³/mol. The molecule has 0 aromatic heterocycles. The second kappa shape index (κ2) is 8.92. The molecule has 1 N–H and O–H groups in total. The molecule has 6 nitrogen and oxygen atoms in total. The van der Waals surface area contributed by atoms with Gasteiger partial charge in [-0.05, 0) is 34.4 Å². The second-order valence-electron chi connectivity index (χ2n) is 7.27. The zero-order valence-corrected chi connectivity index (χ0v) is 17.2. The molecule has 0 spiro atoms. The Labute approximate surface area is 180 Å². The largest absolute Gasteiger partial charge is 0.495 e. The number of amides is 1. The van der Waals surface area contributed by atoms with Gasteiger partial charge < -0.3 is 14.6 Å². The van der Waals surface area contributed by atoms with E-state index in [4.69, 9.17) is 14.6 Å². The van der Waals surface area contributed by atoms with Crippen LogP contribution in [-0.2, 0) is 9.53 Å². The van der Waals surface area contributed by atoms with Crippen LogP contribution in [0.1, 0.15) is 23.5 Å². The molecule has 0 radical (unpaired) electrons. The summed E-state index contributed by atoms with van der Waals surface area (Å²) in [4.78, 5) is 25.5. The van der Waals surface area contributed by atoms with Crippen molar-refractivity contribution in [3.8, 4) is 16.9 Å². The normalized spacial score (nSPS) is 12.0. The van der Waals surface area contributed by atoms with Crippen molar-refractivity contribution in [2.45, 2.75) is 12.3 Å². The molecule has 1 aliphatic carbocycles. The summed E-state index contributed by atoms with van der Waals surface area (Å²) in [7, 11) is 1.51. The number of carbonyl (C=O) groups excluding carboxylic acids is 1. The Bertz CT molecular complexity index is 1060. The number of hydrogen-bond acceptors (Lipinski definition) is 4. The Kier molecular flexibility index (Phi) is 5.89. The van der Waals surface area contributed by atoms with Crippen molar-refractivity contribution in [3.05, 3.63) is 83.9 Å². The predicted octanol–water partition coefficient (Wildman–Crippen LogP) is 4.93. The number of hydrogen-bond donors (Lipinski definition) is 1. The molecule has 3 aromatic rings. The zero-order chi connectivity index (χ0) is 21.8. The summed E-state index contributed by atoms with van der Waals surface area (Å²) in [5.74, 6) is -0.594. The van der Waals surface area contributed by atoms with Gasteiger partial charge in [0, 0.05) is 12.5 Å². The fraction of sp³-hybridized carbons (Fsp3) is 0.200. The Morgan fingerprint density at radius 2 is 1.48 bits per heavy atom. The number of fused-ring (bicyclic) bond motifs is 3. The maximum absolute atomic E-state index is 13.1. The van der Waals surface area contributed by atoms with Crippen LogP contribution in [0.25, 0.3) is 11.1 Å². The number of para-hydroxylation sites is 2. The Balaban J connectivity index is 1.58. The van der Waals surface area contributed by atoms with E-state index >= 15 is 0 Å². The molecule has 0 unspecified atom stereocenters. The van der Waals surface area contributed by atoms with E-state index in [0.29, 0.717) is 11.4 Å².